The van der Waals surface area contributed by atoms with Crippen molar-refractivity contribution >= 4 is 39.2 Å². The van der Waals surface area contributed by atoms with E-state index in [4.69, 9.17) is 14.5 Å². The minimum atomic E-state index is -0.0366. The molecule has 0 fully saturated rings. The summed E-state index contributed by atoms with van der Waals surface area (Å²) in [4.78, 5) is 35.9. The molecule has 0 unspecified atom stereocenters. The van der Waals surface area contributed by atoms with E-state index >= 15 is 0 Å². The van der Waals surface area contributed by atoms with E-state index < -0.39 is 0 Å². The standard InChI is InChI=1S/C30H33N3O4S2/c1-19-9-5-7-11-22(19)33-29(35)27-21-10-6-8-12-25(21)39-28(27)31-30(33)38-18-26(34)32(2)16-15-20-13-14-23(36-3)24(17-20)37-4/h5,7,9,11,13-14,17H,6,8,10,12,15-16,18H2,1-4H3. The smallest absolute Gasteiger partial charge is 0.267 e. The molecule has 1 aliphatic carbocycles. The van der Waals surface area contributed by atoms with Crippen LogP contribution in [0.1, 0.15) is 34.4 Å². The van der Waals surface area contributed by atoms with Crippen LogP contribution in [0, 0.1) is 6.92 Å². The zero-order chi connectivity index (χ0) is 27.5. The summed E-state index contributed by atoms with van der Waals surface area (Å²) in [6, 6.07) is 13.6. The maximum atomic E-state index is 14.0. The van der Waals surface area contributed by atoms with Gasteiger partial charge >= 0.3 is 0 Å². The molecule has 2 heterocycles. The number of thiophene rings is 1. The maximum absolute atomic E-state index is 14.0. The third-order valence-corrected chi connectivity index (χ3v) is 9.36. The third-order valence-electron chi connectivity index (χ3n) is 7.25. The summed E-state index contributed by atoms with van der Waals surface area (Å²) in [5.41, 5.74) is 3.99. The van der Waals surface area contributed by atoms with Crippen LogP contribution in [-0.4, -0.2) is 53.9 Å². The second kappa shape index (κ2) is 11.8. The van der Waals surface area contributed by atoms with Crippen molar-refractivity contribution < 1.29 is 14.3 Å². The number of thioether (sulfide) groups is 1. The minimum Gasteiger partial charge on any atom is -0.493 e. The predicted octanol–water partition coefficient (Wildman–Crippen LogP) is 5.44. The molecule has 0 atom stereocenters. The second-order valence-electron chi connectivity index (χ2n) is 9.76. The number of nitrogens with zero attached hydrogens (tertiary/aromatic N) is 3. The number of amides is 1. The fourth-order valence-electron chi connectivity index (χ4n) is 5.00. The van der Waals surface area contributed by atoms with E-state index in [2.05, 4.69) is 0 Å². The molecule has 1 aliphatic rings. The Morgan fingerprint density at radius 1 is 1.10 bits per heavy atom. The molecule has 1 amide bonds. The van der Waals surface area contributed by atoms with Crippen LogP contribution in [-0.2, 0) is 24.1 Å². The summed E-state index contributed by atoms with van der Waals surface area (Å²) in [5, 5.41) is 1.31. The van der Waals surface area contributed by atoms with Crippen molar-refractivity contribution in [2.75, 3.05) is 33.6 Å². The number of fused-ring (bicyclic) bond motifs is 3. The van der Waals surface area contributed by atoms with Gasteiger partial charge in [-0.2, -0.15) is 0 Å². The summed E-state index contributed by atoms with van der Waals surface area (Å²) in [5.74, 6) is 1.53. The van der Waals surface area contributed by atoms with Crippen molar-refractivity contribution in [3.63, 3.8) is 0 Å². The highest BCUT2D eigenvalue weighted by molar-refractivity contribution is 7.99. The van der Waals surface area contributed by atoms with Crippen LogP contribution in [0.3, 0.4) is 0 Å². The van der Waals surface area contributed by atoms with Gasteiger partial charge in [0.25, 0.3) is 5.56 Å². The lowest BCUT2D eigenvalue weighted by molar-refractivity contribution is -0.127. The first-order valence-corrected chi connectivity index (χ1v) is 14.9. The summed E-state index contributed by atoms with van der Waals surface area (Å²) in [7, 11) is 5.03. The Bertz CT molecular complexity index is 1580. The van der Waals surface area contributed by atoms with Gasteiger partial charge in [-0.25, -0.2) is 4.98 Å². The molecule has 7 nitrogen and oxygen atoms in total. The average Bonchev–Trinajstić information content (AvgIpc) is 3.33. The molecule has 39 heavy (non-hydrogen) atoms. The van der Waals surface area contributed by atoms with Crippen molar-refractivity contribution in [3.8, 4) is 17.2 Å². The van der Waals surface area contributed by atoms with Gasteiger partial charge in [0.15, 0.2) is 16.7 Å². The van der Waals surface area contributed by atoms with Gasteiger partial charge in [0.2, 0.25) is 5.91 Å². The van der Waals surface area contributed by atoms with Gasteiger partial charge in [-0.15, -0.1) is 11.3 Å². The van der Waals surface area contributed by atoms with Crippen LogP contribution in [0.15, 0.2) is 52.4 Å². The predicted molar refractivity (Wildman–Crippen MR) is 158 cm³/mol. The van der Waals surface area contributed by atoms with E-state index in [1.807, 2.05) is 56.4 Å². The molecule has 2 aromatic heterocycles. The molecule has 0 spiro atoms. The minimum absolute atomic E-state index is 0.0170. The van der Waals surface area contributed by atoms with Gasteiger partial charge in [0.05, 0.1) is 31.0 Å². The monoisotopic (exact) mass is 563 g/mol. The number of para-hydroxylation sites is 1. The number of hydrogen-bond acceptors (Lipinski definition) is 7. The number of ether oxygens (including phenoxy) is 2. The van der Waals surface area contributed by atoms with Crippen molar-refractivity contribution in [2.45, 2.75) is 44.2 Å². The van der Waals surface area contributed by atoms with Gasteiger partial charge in [0.1, 0.15) is 4.83 Å². The maximum Gasteiger partial charge on any atom is 0.267 e. The number of carbonyl (C=O) groups excluding carboxylic acids is 1. The Morgan fingerprint density at radius 3 is 2.64 bits per heavy atom. The van der Waals surface area contributed by atoms with E-state index in [0.29, 0.717) is 29.6 Å². The molecule has 0 N–H and O–H groups in total. The molecule has 4 aromatic rings. The highest BCUT2D eigenvalue weighted by Crippen LogP contribution is 2.35. The van der Waals surface area contributed by atoms with Gasteiger partial charge in [-0.3, -0.25) is 14.2 Å². The van der Waals surface area contributed by atoms with E-state index in [-0.39, 0.29) is 17.2 Å². The molecule has 2 aromatic carbocycles. The highest BCUT2D eigenvalue weighted by Gasteiger charge is 2.24. The number of aromatic nitrogens is 2. The first-order chi connectivity index (χ1) is 18.9. The molecule has 204 valence electrons. The number of aryl methyl sites for hydroxylation is 3. The summed E-state index contributed by atoms with van der Waals surface area (Å²) >= 11 is 2.96. The molecular weight excluding hydrogens is 530 g/mol. The lowest BCUT2D eigenvalue weighted by Crippen LogP contribution is -2.31. The lowest BCUT2D eigenvalue weighted by Gasteiger charge is -2.19. The molecule has 5 rings (SSSR count). The van der Waals surface area contributed by atoms with Crippen molar-refractivity contribution in [1.29, 1.82) is 0 Å². The average molecular weight is 564 g/mol. The van der Waals surface area contributed by atoms with Crippen molar-refractivity contribution in [1.82, 2.24) is 14.5 Å². The van der Waals surface area contributed by atoms with Crippen LogP contribution >= 0.6 is 23.1 Å². The first-order valence-electron chi connectivity index (χ1n) is 13.1. The Balaban J connectivity index is 1.38. The van der Waals surface area contributed by atoms with E-state index in [0.717, 1.165) is 52.7 Å². The van der Waals surface area contributed by atoms with Crippen molar-refractivity contribution in [3.05, 3.63) is 74.4 Å². The molecule has 0 radical (unpaired) electrons. The van der Waals surface area contributed by atoms with E-state index in [1.54, 1.807) is 35.0 Å². The van der Waals surface area contributed by atoms with Crippen molar-refractivity contribution in [2.24, 2.45) is 0 Å². The first kappa shape index (κ1) is 27.3. The van der Waals surface area contributed by atoms with Crippen LogP contribution in [0.2, 0.25) is 0 Å². The molecule has 0 bridgehead atoms. The molecule has 0 saturated carbocycles. The molecular formula is C30H33N3O4S2. The van der Waals surface area contributed by atoms with Crippen LogP contribution < -0.4 is 15.0 Å². The topological polar surface area (TPSA) is 73.7 Å². The number of rotatable bonds is 9. The fraction of sp³-hybridized carbons (Fsp3) is 0.367. The normalized spacial score (nSPS) is 12.8. The number of methoxy groups -OCH3 is 2. The van der Waals surface area contributed by atoms with E-state index in [1.165, 1.54) is 22.2 Å². The SMILES string of the molecule is COc1ccc(CCN(C)C(=O)CSc2nc3sc4c(c3c(=O)n2-c2ccccc2C)CCCC4)cc1OC. The zero-order valence-electron chi connectivity index (χ0n) is 22.8. The summed E-state index contributed by atoms with van der Waals surface area (Å²) in [6.45, 7) is 2.56. The van der Waals surface area contributed by atoms with Gasteiger partial charge in [-0.1, -0.05) is 36.0 Å². The summed E-state index contributed by atoms with van der Waals surface area (Å²) < 4.78 is 12.4. The number of likely N-dealkylation sites (N-methyl/N-ethyl adjacent to an activating group) is 1. The lowest BCUT2D eigenvalue weighted by atomic mass is 9.97. The van der Waals surface area contributed by atoms with Gasteiger partial charge < -0.3 is 14.4 Å². The molecule has 0 saturated heterocycles. The largest absolute Gasteiger partial charge is 0.493 e. The summed E-state index contributed by atoms with van der Waals surface area (Å²) in [6.07, 6.45) is 4.87. The quantitative estimate of drug-likeness (QED) is 0.199. The Morgan fingerprint density at radius 2 is 1.87 bits per heavy atom. The Hall–Kier alpha value is -3.30. The molecule has 0 aliphatic heterocycles. The number of carbonyl (C=O) groups is 1. The third kappa shape index (κ3) is 5.56. The Kier molecular flexibility index (Phi) is 8.28. The number of benzene rings is 2. The fourth-order valence-corrected chi connectivity index (χ4v) is 7.25. The van der Waals surface area contributed by atoms with E-state index in [9.17, 15) is 9.59 Å². The highest BCUT2D eigenvalue weighted by atomic mass is 32.2. The zero-order valence-corrected chi connectivity index (χ0v) is 24.4. The second-order valence-corrected chi connectivity index (χ2v) is 11.8. The van der Waals surface area contributed by atoms with Gasteiger partial charge in [-0.05, 0) is 73.9 Å². The van der Waals surface area contributed by atoms with Crippen LogP contribution in [0.25, 0.3) is 15.9 Å². The van der Waals surface area contributed by atoms with Crippen LogP contribution in [0.5, 0.6) is 11.5 Å². The van der Waals surface area contributed by atoms with Gasteiger partial charge in [0, 0.05) is 18.5 Å². The number of hydrogen-bond donors (Lipinski definition) is 0. The molecule has 9 heteroatoms. The Labute approximate surface area is 236 Å². The van der Waals surface area contributed by atoms with Crippen LogP contribution in [0.4, 0.5) is 0 Å².